The lowest BCUT2D eigenvalue weighted by molar-refractivity contribution is -0.116. The zero-order chi connectivity index (χ0) is 18.5. The monoisotopic (exact) mass is 365 g/mol. The number of carbonyl (C=O) groups excluding carboxylic acids is 1. The predicted octanol–water partition coefficient (Wildman–Crippen LogP) is 5.12. The molecule has 0 radical (unpaired) electrons. The molecule has 2 aromatic carbocycles. The first-order valence-corrected chi connectivity index (χ1v) is 9.62. The lowest BCUT2D eigenvalue weighted by Crippen LogP contribution is -2.31. The Morgan fingerprint density at radius 2 is 1.73 bits per heavy atom. The molecule has 0 fully saturated rings. The second kappa shape index (κ2) is 8.15. The summed E-state index contributed by atoms with van der Waals surface area (Å²) in [6.45, 7) is 5.97. The summed E-state index contributed by atoms with van der Waals surface area (Å²) in [5, 5.41) is 9.29. The standard InChI is InChI=1S/C21H23N3OS/c1-4-16-5-9-19(10-6-16)24-21(25)14(2)22-18-11-7-17(8-12-18)20-13-26-15(3)23-20/h5-14,22H,4H2,1-3H3,(H,24,25)/t14-/m1/s1. The fourth-order valence-electron chi connectivity index (χ4n) is 2.62. The minimum atomic E-state index is -0.340. The Bertz CT molecular complexity index is 869. The van der Waals surface area contributed by atoms with Gasteiger partial charge in [0.1, 0.15) is 6.04 Å². The molecule has 0 aliphatic heterocycles. The van der Waals surface area contributed by atoms with Crippen LogP contribution in [0, 0.1) is 6.92 Å². The highest BCUT2D eigenvalue weighted by molar-refractivity contribution is 7.09. The van der Waals surface area contributed by atoms with Crippen LogP contribution in [0.1, 0.15) is 24.4 Å². The number of nitrogens with zero attached hydrogens (tertiary/aromatic N) is 1. The summed E-state index contributed by atoms with van der Waals surface area (Å²) in [6, 6.07) is 15.6. The number of aryl methyl sites for hydroxylation is 2. The second-order valence-electron chi connectivity index (χ2n) is 6.23. The highest BCUT2D eigenvalue weighted by atomic mass is 32.1. The summed E-state index contributed by atoms with van der Waals surface area (Å²) < 4.78 is 0. The average Bonchev–Trinajstić information content (AvgIpc) is 3.09. The van der Waals surface area contributed by atoms with Crippen molar-refractivity contribution in [3.63, 3.8) is 0 Å². The van der Waals surface area contributed by atoms with Crippen LogP contribution < -0.4 is 10.6 Å². The van der Waals surface area contributed by atoms with E-state index < -0.39 is 0 Å². The van der Waals surface area contributed by atoms with E-state index in [9.17, 15) is 4.79 Å². The van der Waals surface area contributed by atoms with Crippen LogP contribution in [-0.4, -0.2) is 16.9 Å². The van der Waals surface area contributed by atoms with Crippen LogP contribution in [0.2, 0.25) is 0 Å². The molecule has 0 spiro atoms. The van der Waals surface area contributed by atoms with E-state index >= 15 is 0 Å². The van der Waals surface area contributed by atoms with E-state index in [1.165, 1.54) is 5.56 Å². The van der Waals surface area contributed by atoms with E-state index in [-0.39, 0.29) is 11.9 Å². The molecule has 0 aliphatic carbocycles. The van der Waals surface area contributed by atoms with Gasteiger partial charge in [0.05, 0.1) is 10.7 Å². The van der Waals surface area contributed by atoms with E-state index in [0.29, 0.717) is 0 Å². The zero-order valence-corrected chi connectivity index (χ0v) is 16.1. The summed E-state index contributed by atoms with van der Waals surface area (Å²) in [5.74, 6) is -0.0616. The predicted molar refractivity (Wildman–Crippen MR) is 110 cm³/mol. The molecule has 1 amide bonds. The van der Waals surface area contributed by atoms with Gasteiger partial charge in [-0.1, -0.05) is 31.2 Å². The third kappa shape index (κ3) is 4.49. The number of aromatic nitrogens is 1. The molecule has 5 heteroatoms. The molecule has 1 aromatic heterocycles. The molecule has 4 nitrogen and oxygen atoms in total. The van der Waals surface area contributed by atoms with Crippen LogP contribution in [0.5, 0.6) is 0 Å². The van der Waals surface area contributed by atoms with E-state index in [1.54, 1.807) is 11.3 Å². The van der Waals surface area contributed by atoms with Crippen LogP contribution in [0.4, 0.5) is 11.4 Å². The SMILES string of the molecule is CCc1ccc(NC(=O)[C@@H](C)Nc2ccc(-c3csc(C)n3)cc2)cc1. The molecular formula is C21H23N3OS. The van der Waals surface area contributed by atoms with E-state index in [4.69, 9.17) is 0 Å². The molecule has 134 valence electrons. The van der Waals surface area contributed by atoms with Crippen molar-refractivity contribution < 1.29 is 4.79 Å². The molecule has 0 saturated carbocycles. The maximum absolute atomic E-state index is 12.4. The van der Waals surface area contributed by atoms with E-state index in [1.807, 2.05) is 62.4 Å². The summed E-state index contributed by atoms with van der Waals surface area (Å²) in [7, 11) is 0. The molecule has 1 heterocycles. The van der Waals surface area contributed by atoms with Crippen molar-refractivity contribution in [3.05, 3.63) is 64.5 Å². The molecule has 2 N–H and O–H groups in total. The smallest absolute Gasteiger partial charge is 0.246 e. The highest BCUT2D eigenvalue weighted by Gasteiger charge is 2.13. The van der Waals surface area contributed by atoms with Crippen molar-refractivity contribution in [1.82, 2.24) is 4.98 Å². The van der Waals surface area contributed by atoms with Crippen LogP contribution in [0.3, 0.4) is 0 Å². The van der Waals surface area contributed by atoms with Gasteiger partial charge in [-0.15, -0.1) is 11.3 Å². The lowest BCUT2D eigenvalue weighted by Gasteiger charge is -2.15. The van der Waals surface area contributed by atoms with Gasteiger partial charge in [0.15, 0.2) is 0 Å². The van der Waals surface area contributed by atoms with Crippen LogP contribution in [0.25, 0.3) is 11.3 Å². The van der Waals surface area contributed by atoms with E-state index in [0.717, 1.165) is 34.1 Å². The van der Waals surface area contributed by atoms with Crippen molar-refractivity contribution in [3.8, 4) is 11.3 Å². The van der Waals surface area contributed by atoms with Crippen LogP contribution >= 0.6 is 11.3 Å². The summed E-state index contributed by atoms with van der Waals surface area (Å²) in [4.78, 5) is 16.9. The molecule has 0 aliphatic rings. The lowest BCUT2D eigenvalue weighted by atomic mass is 10.1. The zero-order valence-electron chi connectivity index (χ0n) is 15.2. The third-order valence-electron chi connectivity index (χ3n) is 4.21. The number of nitrogens with one attached hydrogen (secondary N) is 2. The number of amides is 1. The topological polar surface area (TPSA) is 54.0 Å². The molecule has 3 aromatic rings. The summed E-state index contributed by atoms with van der Waals surface area (Å²) in [5.41, 5.74) is 5.04. The first-order chi connectivity index (χ1) is 12.5. The highest BCUT2D eigenvalue weighted by Crippen LogP contribution is 2.23. The number of thiazole rings is 1. The first-order valence-electron chi connectivity index (χ1n) is 8.74. The molecule has 3 rings (SSSR count). The Morgan fingerprint density at radius 1 is 1.08 bits per heavy atom. The quantitative estimate of drug-likeness (QED) is 0.637. The van der Waals surface area contributed by atoms with E-state index in [2.05, 4.69) is 27.9 Å². The van der Waals surface area contributed by atoms with Crippen molar-refractivity contribution in [1.29, 1.82) is 0 Å². The maximum atomic E-state index is 12.4. The van der Waals surface area contributed by atoms with Gasteiger partial charge < -0.3 is 10.6 Å². The summed E-state index contributed by atoms with van der Waals surface area (Å²) >= 11 is 1.64. The minimum absolute atomic E-state index is 0.0616. The Balaban J connectivity index is 1.59. The molecule has 26 heavy (non-hydrogen) atoms. The minimum Gasteiger partial charge on any atom is -0.374 e. The van der Waals surface area contributed by atoms with Crippen LogP contribution in [-0.2, 0) is 11.2 Å². The van der Waals surface area contributed by atoms with Gasteiger partial charge >= 0.3 is 0 Å². The number of hydrogen-bond donors (Lipinski definition) is 2. The first kappa shape index (κ1) is 18.1. The second-order valence-corrected chi connectivity index (χ2v) is 7.30. The van der Waals surface area contributed by atoms with Crippen LogP contribution in [0.15, 0.2) is 53.9 Å². The fraction of sp³-hybridized carbons (Fsp3) is 0.238. The third-order valence-corrected chi connectivity index (χ3v) is 4.98. The molecule has 1 atom stereocenters. The largest absolute Gasteiger partial charge is 0.374 e. The number of carbonyl (C=O) groups is 1. The Morgan fingerprint density at radius 3 is 2.31 bits per heavy atom. The molecular weight excluding hydrogens is 342 g/mol. The van der Waals surface area contributed by atoms with Crippen molar-refractivity contribution in [2.24, 2.45) is 0 Å². The Hall–Kier alpha value is -2.66. The van der Waals surface area contributed by atoms with Gasteiger partial charge in [0.2, 0.25) is 5.91 Å². The normalized spacial score (nSPS) is 11.8. The number of anilines is 2. The molecule has 0 saturated heterocycles. The van der Waals surface area contributed by atoms with Gasteiger partial charge in [-0.05, 0) is 50.1 Å². The van der Waals surface area contributed by atoms with Gasteiger partial charge in [-0.2, -0.15) is 0 Å². The van der Waals surface area contributed by atoms with Crippen molar-refractivity contribution >= 4 is 28.6 Å². The number of hydrogen-bond acceptors (Lipinski definition) is 4. The van der Waals surface area contributed by atoms with Gasteiger partial charge in [-0.25, -0.2) is 4.98 Å². The van der Waals surface area contributed by atoms with Crippen molar-refractivity contribution in [2.45, 2.75) is 33.2 Å². The van der Waals surface area contributed by atoms with Gasteiger partial charge in [-0.3, -0.25) is 4.79 Å². The van der Waals surface area contributed by atoms with Gasteiger partial charge in [0, 0.05) is 22.3 Å². The average molecular weight is 366 g/mol. The fourth-order valence-corrected chi connectivity index (χ4v) is 3.25. The molecule has 0 unspecified atom stereocenters. The summed E-state index contributed by atoms with van der Waals surface area (Å²) in [6.07, 6.45) is 0.989. The van der Waals surface area contributed by atoms with Gasteiger partial charge in [0.25, 0.3) is 0 Å². The Labute approximate surface area is 158 Å². The number of benzene rings is 2. The van der Waals surface area contributed by atoms with Crippen molar-refractivity contribution in [2.75, 3.05) is 10.6 Å². The number of rotatable bonds is 6. The maximum Gasteiger partial charge on any atom is 0.246 e. The Kier molecular flexibility index (Phi) is 5.68. The molecule has 0 bridgehead atoms.